The molecule has 0 aromatic carbocycles. The molecule has 0 unspecified atom stereocenters. The fourth-order valence-corrected chi connectivity index (χ4v) is 6.69. The third-order valence-corrected chi connectivity index (χ3v) is 8.38. The number of rotatable bonds is 7. The van der Waals surface area contributed by atoms with E-state index in [1.54, 1.807) is 16.2 Å². The Balaban J connectivity index is 1.41. The lowest BCUT2D eigenvalue weighted by molar-refractivity contribution is -0.142. The molecule has 1 aliphatic carbocycles. The summed E-state index contributed by atoms with van der Waals surface area (Å²) in [5.41, 5.74) is -0.215. The van der Waals surface area contributed by atoms with Crippen LogP contribution in [0.25, 0.3) is 0 Å². The molecule has 8 heteroatoms. The fourth-order valence-electron chi connectivity index (χ4n) is 6.05. The van der Waals surface area contributed by atoms with E-state index in [4.69, 9.17) is 4.74 Å². The maximum atomic E-state index is 13.9. The normalized spacial score (nSPS) is 31.5. The molecule has 2 saturated heterocycles. The summed E-state index contributed by atoms with van der Waals surface area (Å²) in [6.07, 6.45) is 10.7. The zero-order valence-corrected chi connectivity index (χ0v) is 21.5. The average molecular weight is 498 g/mol. The van der Waals surface area contributed by atoms with Gasteiger partial charge in [-0.2, -0.15) is 0 Å². The van der Waals surface area contributed by atoms with Crippen LogP contribution in [0.15, 0.2) is 41.3 Å². The molecule has 2 N–H and O–H groups in total. The molecule has 3 aliphatic heterocycles. The molecule has 4 aliphatic rings. The minimum atomic E-state index is -1.11. The van der Waals surface area contributed by atoms with Crippen LogP contribution < -0.4 is 10.6 Å². The third kappa shape index (κ3) is 4.47. The average Bonchev–Trinajstić information content (AvgIpc) is 3.57. The summed E-state index contributed by atoms with van der Waals surface area (Å²) in [4.78, 5) is 43.6. The number of allylic oxidation sites excluding steroid dienone is 1. The molecule has 0 radical (unpaired) electrons. The van der Waals surface area contributed by atoms with Gasteiger partial charge in [-0.15, -0.1) is 11.3 Å². The van der Waals surface area contributed by atoms with Gasteiger partial charge in [-0.1, -0.05) is 29.9 Å². The molecule has 3 amide bonds. The second-order valence-electron chi connectivity index (χ2n) is 11.1. The monoisotopic (exact) mass is 497 g/mol. The molecule has 0 saturated carbocycles. The fraction of sp³-hybridized carbons (Fsp3) is 0.593. The number of ether oxygens (including phenoxy) is 1. The summed E-state index contributed by atoms with van der Waals surface area (Å²) in [6, 6.07) is 3.13. The second kappa shape index (κ2) is 9.21. The van der Waals surface area contributed by atoms with Crippen molar-refractivity contribution in [2.24, 2.45) is 11.8 Å². The Kier molecular flexibility index (Phi) is 6.38. The molecule has 1 aromatic heterocycles. The van der Waals surface area contributed by atoms with Crippen molar-refractivity contribution in [3.63, 3.8) is 0 Å². The van der Waals surface area contributed by atoms with Gasteiger partial charge >= 0.3 is 0 Å². The molecular formula is C27H35N3O4S. The summed E-state index contributed by atoms with van der Waals surface area (Å²) in [5, 5.41) is 8.04. The van der Waals surface area contributed by atoms with Crippen molar-refractivity contribution in [1.29, 1.82) is 0 Å². The molecule has 5 rings (SSSR count). The Hall–Kier alpha value is -2.45. The first-order valence-corrected chi connectivity index (χ1v) is 13.6. The summed E-state index contributed by atoms with van der Waals surface area (Å²) in [5.74, 6) is -1.91. The van der Waals surface area contributed by atoms with Crippen molar-refractivity contribution < 1.29 is 19.1 Å². The van der Waals surface area contributed by atoms with Crippen molar-refractivity contribution in [2.75, 3.05) is 6.54 Å². The molecule has 7 nitrogen and oxygen atoms in total. The number of nitrogens with one attached hydrogen (secondary N) is 2. The Morgan fingerprint density at radius 3 is 2.77 bits per heavy atom. The number of hydrogen-bond acceptors (Lipinski definition) is 5. The van der Waals surface area contributed by atoms with Gasteiger partial charge in [0.05, 0.1) is 24.5 Å². The Morgan fingerprint density at radius 2 is 2.09 bits per heavy atom. The first-order chi connectivity index (χ1) is 16.7. The maximum Gasteiger partial charge on any atom is 0.246 e. The van der Waals surface area contributed by atoms with Crippen LogP contribution in [0.3, 0.4) is 0 Å². The highest BCUT2D eigenvalue weighted by Crippen LogP contribution is 2.55. The number of thiophene rings is 1. The van der Waals surface area contributed by atoms with Gasteiger partial charge in [0.1, 0.15) is 11.6 Å². The van der Waals surface area contributed by atoms with Gasteiger partial charge in [-0.3, -0.25) is 14.4 Å². The third-order valence-electron chi connectivity index (χ3n) is 7.50. The lowest BCUT2D eigenvalue weighted by atomic mass is 9.74. The van der Waals surface area contributed by atoms with E-state index < -0.39 is 35.1 Å². The minimum Gasteiger partial charge on any atom is -0.359 e. The van der Waals surface area contributed by atoms with E-state index in [2.05, 4.69) is 16.7 Å². The van der Waals surface area contributed by atoms with E-state index in [1.807, 2.05) is 50.4 Å². The van der Waals surface area contributed by atoms with Crippen LogP contribution in [0.1, 0.15) is 57.8 Å². The predicted molar refractivity (Wildman–Crippen MR) is 134 cm³/mol. The van der Waals surface area contributed by atoms with Crippen molar-refractivity contribution in [2.45, 2.75) is 82.7 Å². The van der Waals surface area contributed by atoms with Crippen LogP contribution in [-0.4, -0.2) is 52.5 Å². The summed E-state index contributed by atoms with van der Waals surface area (Å²) >= 11 is 1.58. The number of hydrogen-bond donors (Lipinski definition) is 2. The smallest absolute Gasteiger partial charge is 0.246 e. The van der Waals surface area contributed by atoms with Gasteiger partial charge < -0.3 is 20.3 Å². The number of likely N-dealkylation sites (tertiary alicyclic amines) is 1. The SMILES string of the molecule is CC(C)(C)NC(=O)[C@H]1N(CCC2=CCCCC2)C(=O)[C@H]2[C@@H](C(=O)NCc3cccs3)[C@H]3C=C[C@]21O3. The van der Waals surface area contributed by atoms with Crippen LogP contribution >= 0.6 is 11.3 Å². The lowest BCUT2D eigenvalue weighted by Crippen LogP contribution is -2.58. The Bertz CT molecular complexity index is 1060. The van der Waals surface area contributed by atoms with E-state index in [0.717, 1.165) is 24.1 Å². The van der Waals surface area contributed by atoms with Gasteiger partial charge in [-0.05, 0) is 64.3 Å². The van der Waals surface area contributed by atoms with Gasteiger partial charge in [0.2, 0.25) is 17.7 Å². The molecule has 1 spiro atoms. The number of carbonyl (C=O) groups excluding carboxylic acids is 3. The maximum absolute atomic E-state index is 13.9. The first-order valence-electron chi connectivity index (χ1n) is 12.7. The van der Waals surface area contributed by atoms with Crippen LogP contribution in [0, 0.1) is 11.8 Å². The van der Waals surface area contributed by atoms with E-state index in [9.17, 15) is 14.4 Å². The molecular weight excluding hydrogens is 462 g/mol. The van der Waals surface area contributed by atoms with Crippen molar-refractivity contribution in [3.8, 4) is 0 Å². The number of nitrogens with zero attached hydrogens (tertiary/aromatic N) is 1. The Labute approximate surface area is 211 Å². The van der Waals surface area contributed by atoms with Gasteiger partial charge in [0.15, 0.2) is 0 Å². The largest absolute Gasteiger partial charge is 0.359 e. The van der Waals surface area contributed by atoms with Crippen LogP contribution in [0.4, 0.5) is 0 Å². The number of amides is 3. The van der Waals surface area contributed by atoms with E-state index >= 15 is 0 Å². The first kappa shape index (κ1) is 24.3. The van der Waals surface area contributed by atoms with E-state index in [1.165, 1.54) is 18.4 Å². The summed E-state index contributed by atoms with van der Waals surface area (Å²) in [6.45, 7) is 6.66. The second-order valence-corrected chi connectivity index (χ2v) is 12.2. The topological polar surface area (TPSA) is 87.7 Å². The molecule has 2 bridgehead atoms. The molecule has 2 fully saturated rings. The molecule has 4 heterocycles. The zero-order chi connectivity index (χ0) is 24.8. The van der Waals surface area contributed by atoms with E-state index in [-0.39, 0.29) is 17.7 Å². The molecule has 188 valence electrons. The quantitative estimate of drug-likeness (QED) is 0.566. The highest BCUT2D eigenvalue weighted by molar-refractivity contribution is 7.09. The molecule has 5 atom stereocenters. The highest BCUT2D eigenvalue weighted by Gasteiger charge is 2.72. The minimum absolute atomic E-state index is 0.154. The van der Waals surface area contributed by atoms with Crippen molar-refractivity contribution >= 4 is 29.1 Å². The molecule has 1 aromatic rings. The van der Waals surface area contributed by atoms with Crippen molar-refractivity contribution in [1.82, 2.24) is 15.5 Å². The van der Waals surface area contributed by atoms with Crippen molar-refractivity contribution in [3.05, 3.63) is 46.2 Å². The van der Waals surface area contributed by atoms with Crippen LogP contribution in [0.5, 0.6) is 0 Å². The lowest BCUT2D eigenvalue weighted by Gasteiger charge is -2.34. The summed E-state index contributed by atoms with van der Waals surface area (Å²) in [7, 11) is 0. The number of carbonyl (C=O) groups is 3. The van der Waals surface area contributed by atoms with Crippen LogP contribution in [-0.2, 0) is 25.7 Å². The zero-order valence-electron chi connectivity index (χ0n) is 20.7. The van der Waals surface area contributed by atoms with Gasteiger partial charge in [0.25, 0.3) is 0 Å². The highest BCUT2D eigenvalue weighted by atomic mass is 32.1. The van der Waals surface area contributed by atoms with Gasteiger partial charge in [0, 0.05) is 17.0 Å². The standard InChI is InChI=1S/C27H35N3O4S/c1-26(2,3)29-24(32)22-27-13-11-19(34-27)20(23(31)28-16-18-10-7-15-35-18)21(27)25(33)30(22)14-12-17-8-5-4-6-9-17/h7-8,10-11,13,15,19-22H,4-6,9,12,14,16H2,1-3H3,(H,28,31)(H,29,32)/t19-,20+,21-,22-,27+/m1/s1. The van der Waals surface area contributed by atoms with Gasteiger partial charge in [-0.25, -0.2) is 0 Å². The summed E-state index contributed by atoms with van der Waals surface area (Å²) < 4.78 is 6.39. The predicted octanol–water partition coefficient (Wildman–Crippen LogP) is 3.32. The Morgan fingerprint density at radius 1 is 1.26 bits per heavy atom. The molecule has 35 heavy (non-hydrogen) atoms. The number of fused-ring (bicyclic) bond motifs is 1. The van der Waals surface area contributed by atoms with E-state index in [0.29, 0.717) is 13.1 Å². The van der Waals surface area contributed by atoms with Crippen LogP contribution in [0.2, 0.25) is 0 Å².